The first-order valence-corrected chi connectivity index (χ1v) is 10.2. The fourth-order valence-electron chi connectivity index (χ4n) is 4.58. The Labute approximate surface area is 174 Å². The van der Waals surface area contributed by atoms with E-state index < -0.39 is 0 Å². The van der Waals surface area contributed by atoms with Gasteiger partial charge in [-0.1, -0.05) is 12.1 Å². The second-order valence-electron chi connectivity index (χ2n) is 8.03. The van der Waals surface area contributed by atoms with Gasteiger partial charge in [-0.3, -0.25) is 9.59 Å². The van der Waals surface area contributed by atoms with Gasteiger partial charge in [0, 0.05) is 42.0 Å². The zero-order valence-corrected chi connectivity index (χ0v) is 16.9. The summed E-state index contributed by atoms with van der Waals surface area (Å²) in [6.07, 6.45) is 0. The quantitative estimate of drug-likeness (QED) is 0.790. The van der Waals surface area contributed by atoms with E-state index in [-0.39, 0.29) is 23.8 Å². The first-order valence-electron chi connectivity index (χ1n) is 10.2. The van der Waals surface area contributed by atoms with Crippen molar-refractivity contribution in [2.24, 2.45) is 11.8 Å². The lowest BCUT2D eigenvalue weighted by atomic mass is 9.90. The van der Waals surface area contributed by atoms with Crippen LogP contribution in [0.5, 0.6) is 11.5 Å². The van der Waals surface area contributed by atoms with Crippen molar-refractivity contribution in [1.29, 1.82) is 0 Å². The van der Waals surface area contributed by atoms with Gasteiger partial charge in [0.15, 0.2) is 0 Å². The topological polar surface area (TPSA) is 85.9 Å². The van der Waals surface area contributed by atoms with Crippen molar-refractivity contribution in [3.8, 4) is 11.5 Å². The van der Waals surface area contributed by atoms with Gasteiger partial charge in [-0.05, 0) is 29.8 Å². The molecule has 7 nitrogen and oxygen atoms in total. The third-order valence-corrected chi connectivity index (χ3v) is 6.37. The Kier molecular flexibility index (Phi) is 4.62. The highest BCUT2D eigenvalue weighted by atomic mass is 16.5. The Morgan fingerprint density at radius 2 is 1.87 bits per heavy atom. The number of ether oxygens (including phenoxy) is 3. The lowest BCUT2D eigenvalue weighted by Gasteiger charge is -2.14. The second-order valence-corrected chi connectivity index (χ2v) is 8.03. The molecule has 2 heterocycles. The second kappa shape index (κ2) is 7.32. The van der Waals surface area contributed by atoms with E-state index in [0.717, 1.165) is 16.9 Å². The van der Waals surface area contributed by atoms with Crippen LogP contribution in [0.25, 0.3) is 0 Å². The summed E-state index contributed by atoms with van der Waals surface area (Å²) in [5.41, 5.74) is 2.71. The smallest absolute Gasteiger partial charge is 0.254 e. The van der Waals surface area contributed by atoms with Crippen LogP contribution < -0.4 is 20.1 Å². The van der Waals surface area contributed by atoms with Crippen molar-refractivity contribution in [3.05, 3.63) is 58.7 Å². The number of carbonyl (C=O) groups is 2. The van der Waals surface area contributed by atoms with Crippen molar-refractivity contribution in [2.75, 3.05) is 34.0 Å². The van der Waals surface area contributed by atoms with Gasteiger partial charge in [0.05, 0.1) is 32.5 Å². The lowest BCUT2D eigenvalue weighted by molar-refractivity contribution is 0.0929. The number of nitrogens with one attached hydrogen (secondary N) is 2. The lowest BCUT2D eigenvalue weighted by Crippen LogP contribution is -2.30. The molecule has 0 bridgehead atoms. The molecule has 2 aliphatic heterocycles. The first kappa shape index (κ1) is 18.9. The zero-order chi connectivity index (χ0) is 20.8. The number of carbonyl (C=O) groups excluding carboxylic acids is 2. The van der Waals surface area contributed by atoms with Crippen molar-refractivity contribution in [2.45, 2.75) is 12.0 Å². The van der Waals surface area contributed by atoms with Gasteiger partial charge in [0.2, 0.25) is 0 Å². The molecule has 4 atom stereocenters. The molecule has 0 spiro atoms. The number of methoxy groups -OCH3 is 1. The predicted octanol–water partition coefficient (Wildman–Crippen LogP) is 1.95. The highest BCUT2D eigenvalue weighted by molar-refractivity contribution is 6.02. The van der Waals surface area contributed by atoms with Crippen LogP contribution in [0, 0.1) is 11.8 Å². The number of benzene rings is 2. The molecule has 5 rings (SSSR count). The standard InChI is InChI=1S/C23H24N2O5/c1-24-23(27)16-8-13(22(26)25-20-18-9-29-10-19(18)20)7-15-17(11-30-21(15)16)12-4-3-5-14(6-12)28-2/h3-8,17-20H,9-11H2,1-2H3,(H,24,27)(H,25,26)/t17?,18-,19+,20+. The number of rotatable bonds is 5. The Morgan fingerprint density at radius 3 is 2.60 bits per heavy atom. The summed E-state index contributed by atoms with van der Waals surface area (Å²) in [7, 11) is 3.20. The van der Waals surface area contributed by atoms with Gasteiger partial charge in [-0.2, -0.15) is 0 Å². The van der Waals surface area contributed by atoms with Gasteiger partial charge in [-0.25, -0.2) is 0 Å². The third-order valence-electron chi connectivity index (χ3n) is 6.37. The summed E-state index contributed by atoms with van der Waals surface area (Å²) in [6.45, 7) is 1.81. The van der Waals surface area contributed by atoms with Crippen LogP contribution in [0.1, 0.15) is 37.8 Å². The maximum Gasteiger partial charge on any atom is 0.254 e. The summed E-state index contributed by atoms with van der Waals surface area (Å²) in [6, 6.07) is 11.4. The number of hydrogen-bond donors (Lipinski definition) is 2. The molecule has 0 aromatic heterocycles. The minimum Gasteiger partial charge on any atom is -0.497 e. The van der Waals surface area contributed by atoms with Gasteiger partial charge < -0.3 is 24.8 Å². The SMILES string of the molecule is CNC(=O)c1cc(C(=O)N[C@H]2[C@@H]3COC[C@@H]32)cc2c1OCC2c1cccc(OC)c1. The first-order chi connectivity index (χ1) is 14.6. The number of amides is 2. The van der Waals surface area contributed by atoms with Crippen LogP contribution in [0.15, 0.2) is 36.4 Å². The molecule has 3 aliphatic rings. The van der Waals surface area contributed by atoms with E-state index in [0.29, 0.717) is 48.5 Å². The molecule has 1 saturated heterocycles. The van der Waals surface area contributed by atoms with E-state index >= 15 is 0 Å². The minimum absolute atomic E-state index is 0.0834. The van der Waals surface area contributed by atoms with Gasteiger partial charge in [-0.15, -0.1) is 0 Å². The third kappa shape index (κ3) is 3.10. The van der Waals surface area contributed by atoms with Crippen LogP contribution in [0.3, 0.4) is 0 Å². The highest BCUT2D eigenvalue weighted by Crippen LogP contribution is 2.45. The maximum absolute atomic E-state index is 13.0. The van der Waals surface area contributed by atoms with Gasteiger partial charge in [0.1, 0.15) is 11.5 Å². The normalized spacial score (nSPS) is 25.7. The fraction of sp³-hybridized carbons (Fsp3) is 0.391. The summed E-state index contributed by atoms with van der Waals surface area (Å²) >= 11 is 0. The molecule has 2 aromatic rings. The van der Waals surface area contributed by atoms with E-state index in [1.807, 2.05) is 30.3 Å². The van der Waals surface area contributed by atoms with Crippen LogP contribution in [0.2, 0.25) is 0 Å². The average Bonchev–Trinajstić information content (AvgIpc) is 3.15. The van der Waals surface area contributed by atoms with E-state index in [2.05, 4.69) is 10.6 Å². The van der Waals surface area contributed by atoms with Gasteiger partial charge in [0.25, 0.3) is 11.8 Å². The van der Waals surface area contributed by atoms with Crippen molar-refractivity contribution in [3.63, 3.8) is 0 Å². The highest BCUT2D eigenvalue weighted by Gasteiger charge is 2.54. The molecule has 1 saturated carbocycles. The molecule has 2 fully saturated rings. The maximum atomic E-state index is 13.0. The van der Waals surface area contributed by atoms with E-state index in [1.54, 1.807) is 20.2 Å². The van der Waals surface area contributed by atoms with Crippen LogP contribution in [0.4, 0.5) is 0 Å². The Bertz CT molecular complexity index is 1010. The van der Waals surface area contributed by atoms with Crippen molar-refractivity contribution >= 4 is 11.8 Å². The molecular formula is C23H24N2O5. The summed E-state index contributed by atoms with van der Waals surface area (Å²) in [5, 5.41) is 5.76. The van der Waals surface area contributed by atoms with E-state index in [9.17, 15) is 9.59 Å². The monoisotopic (exact) mass is 408 g/mol. The zero-order valence-electron chi connectivity index (χ0n) is 16.9. The molecule has 1 aliphatic carbocycles. The Balaban J connectivity index is 1.50. The Hall–Kier alpha value is -3.06. The van der Waals surface area contributed by atoms with Crippen molar-refractivity contribution in [1.82, 2.24) is 10.6 Å². The summed E-state index contributed by atoms with van der Waals surface area (Å²) in [4.78, 5) is 25.5. The summed E-state index contributed by atoms with van der Waals surface area (Å²) in [5.74, 6) is 1.59. The molecule has 7 heteroatoms. The Morgan fingerprint density at radius 1 is 1.07 bits per heavy atom. The van der Waals surface area contributed by atoms with E-state index in [4.69, 9.17) is 14.2 Å². The average molecular weight is 408 g/mol. The van der Waals surface area contributed by atoms with Crippen LogP contribution in [-0.4, -0.2) is 51.8 Å². The molecule has 1 unspecified atom stereocenters. The summed E-state index contributed by atoms with van der Waals surface area (Å²) < 4.78 is 16.7. The molecule has 2 aromatic carbocycles. The molecule has 2 N–H and O–H groups in total. The largest absolute Gasteiger partial charge is 0.497 e. The van der Waals surface area contributed by atoms with Crippen LogP contribution >= 0.6 is 0 Å². The minimum atomic E-state index is -0.274. The fourth-order valence-corrected chi connectivity index (χ4v) is 4.58. The molecular weight excluding hydrogens is 384 g/mol. The van der Waals surface area contributed by atoms with Gasteiger partial charge >= 0.3 is 0 Å². The molecule has 2 amide bonds. The van der Waals surface area contributed by atoms with Crippen molar-refractivity contribution < 1.29 is 23.8 Å². The molecule has 156 valence electrons. The van der Waals surface area contributed by atoms with Crippen LogP contribution in [-0.2, 0) is 4.74 Å². The molecule has 30 heavy (non-hydrogen) atoms. The number of hydrogen-bond acceptors (Lipinski definition) is 5. The van der Waals surface area contributed by atoms with E-state index in [1.165, 1.54) is 0 Å². The predicted molar refractivity (Wildman–Crippen MR) is 109 cm³/mol. The molecule has 0 radical (unpaired) electrons. The number of fused-ring (bicyclic) bond motifs is 2.